The van der Waals surface area contributed by atoms with Crippen molar-refractivity contribution < 1.29 is 4.79 Å². The number of hydrogen-bond donors (Lipinski definition) is 3. The molecule has 3 N–H and O–H groups in total. The second-order valence-corrected chi connectivity index (χ2v) is 11.8. The van der Waals surface area contributed by atoms with Crippen molar-refractivity contribution in [3.63, 3.8) is 0 Å². The Balaban J connectivity index is 1.23. The van der Waals surface area contributed by atoms with Gasteiger partial charge in [-0.15, -0.1) is 11.3 Å². The molecular formula is C31H40N4OS. The number of thiophene rings is 1. The van der Waals surface area contributed by atoms with E-state index in [1.54, 1.807) is 0 Å². The van der Waals surface area contributed by atoms with E-state index in [1.165, 1.54) is 60.5 Å². The molecule has 6 heteroatoms. The Kier molecular flexibility index (Phi) is 8.59. The number of aryl methyl sites for hydroxylation is 1. The van der Waals surface area contributed by atoms with Crippen LogP contribution in [0.5, 0.6) is 0 Å². The van der Waals surface area contributed by atoms with E-state index in [-0.39, 0.29) is 11.9 Å². The lowest BCUT2D eigenvalue weighted by Crippen LogP contribution is -2.51. The summed E-state index contributed by atoms with van der Waals surface area (Å²) in [4.78, 5) is 18.6. The standard InChI is InChI=1S/C31H40N4OS/c1-22-11-12-26(34-27-19-32-20-27)18-29(22)31(36)33-23(2)24-9-8-10-25(17-24)30-14-13-28(37-30)21-35-15-6-4-3-5-7-16-35/h8-14,17-18,23,27,32,34H,3-7,15-16,19-21H2,1-2H3,(H,33,36). The summed E-state index contributed by atoms with van der Waals surface area (Å²) in [5.41, 5.74) is 5.06. The van der Waals surface area contributed by atoms with Crippen LogP contribution in [0.25, 0.3) is 10.4 Å². The van der Waals surface area contributed by atoms with E-state index < -0.39 is 0 Å². The zero-order chi connectivity index (χ0) is 25.6. The number of hydrogen-bond acceptors (Lipinski definition) is 5. The molecule has 2 aromatic carbocycles. The number of nitrogens with zero attached hydrogens (tertiary/aromatic N) is 1. The first-order chi connectivity index (χ1) is 18.0. The van der Waals surface area contributed by atoms with Crippen LogP contribution in [0.1, 0.15) is 71.4 Å². The van der Waals surface area contributed by atoms with Gasteiger partial charge in [-0.05, 0) is 86.8 Å². The predicted octanol–water partition coefficient (Wildman–Crippen LogP) is 6.36. The lowest BCUT2D eigenvalue weighted by Gasteiger charge is -2.29. The van der Waals surface area contributed by atoms with Gasteiger partial charge in [-0.2, -0.15) is 0 Å². The molecule has 0 saturated carbocycles. The number of carbonyl (C=O) groups is 1. The number of rotatable bonds is 8. The third-order valence-corrected chi connectivity index (χ3v) is 8.76. The minimum Gasteiger partial charge on any atom is -0.380 e. The monoisotopic (exact) mass is 516 g/mol. The Hall–Kier alpha value is -2.67. The van der Waals surface area contributed by atoms with Gasteiger partial charge in [0, 0.05) is 40.6 Å². The van der Waals surface area contributed by atoms with E-state index in [2.05, 4.69) is 70.2 Å². The van der Waals surface area contributed by atoms with E-state index in [9.17, 15) is 4.79 Å². The van der Waals surface area contributed by atoms with Crippen molar-refractivity contribution in [3.05, 3.63) is 76.2 Å². The topological polar surface area (TPSA) is 56.4 Å². The maximum Gasteiger partial charge on any atom is 0.252 e. The second kappa shape index (κ2) is 12.2. The number of amides is 1. The van der Waals surface area contributed by atoms with E-state index in [1.807, 2.05) is 30.4 Å². The van der Waals surface area contributed by atoms with E-state index in [0.717, 1.165) is 42.0 Å². The van der Waals surface area contributed by atoms with Gasteiger partial charge in [-0.1, -0.05) is 43.5 Å². The Bertz CT molecular complexity index is 1190. The molecule has 0 aliphatic carbocycles. The Morgan fingerprint density at radius 2 is 1.81 bits per heavy atom. The quantitative estimate of drug-likeness (QED) is 0.326. The summed E-state index contributed by atoms with van der Waals surface area (Å²) < 4.78 is 0. The highest BCUT2D eigenvalue weighted by molar-refractivity contribution is 7.15. The second-order valence-electron chi connectivity index (χ2n) is 10.7. The van der Waals surface area contributed by atoms with Crippen LogP contribution in [0.3, 0.4) is 0 Å². The van der Waals surface area contributed by atoms with E-state index in [4.69, 9.17) is 0 Å². The average molecular weight is 517 g/mol. The van der Waals surface area contributed by atoms with Crippen molar-refractivity contribution in [1.82, 2.24) is 15.5 Å². The molecule has 1 aromatic heterocycles. The molecule has 2 aliphatic rings. The third kappa shape index (κ3) is 6.81. The molecule has 5 nitrogen and oxygen atoms in total. The summed E-state index contributed by atoms with van der Waals surface area (Å²) in [5.74, 6) is -0.0301. The Morgan fingerprint density at radius 1 is 1.03 bits per heavy atom. The fourth-order valence-corrected chi connectivity index (χ4v) is 6.26. The summed E-state index contributed by atoms with van der Waals surface area (Å²) in [6.45, 7) is 9.49. The molecule has 3 aromatic rings. The van der Waals surface area contributed by atoms with Crippen molar-refractivity contribution in [2.75, 3.05) is 31.5 Å². The zero-order valence-electron chi connectivity index (χ0n) is 22.2. The molecule has 0 spiro atoms. The smallest absolute Gasteiger partial charge is 0.252 e. The molecule has 3 heterocycles. The Labute approximate surface area is 225 Å². The molecule has 1 unspecified atom stereocenters. The molecule has 196 valence electrons. The van der Waals surface area contributed by atoms with Crippen LogP contribution in [0.15, 0.2) is 54.6 Å². The van der Waals surface area contributed by atoms with Gasteiger partial charge in [0.1, 0.15) is 0 Å². The molecule has 0 radical (unpaired) electrons. The minimum absolute atomic E-state index is 0.0301. The van der Waals surface area contributed by atoms with Gasteiger partial charge in [0.15, 0.2) is 0 Å². The zero-order valence-corrected chi connectivity index (χ0v) is 23.0. The Morgan fingerprint density at radius 3 is 2.57 bits per heavy atom. The number of carbonyl (C=O) groups excluding carboxylic acids is 1. The van der Waals surface area contributed by atoms with Crippen LogP contribution in [0.2, 0.25) is 0 Å². The number of anilines is 1. The summed E-state index contributed by atoms with van der Waals surface area (Å²) in [6.07, 6.45) is 6.78. The highest BCUT2D eigenvalue weighted by atomic mass is 32.1. The number of likely N-dealkylation sites (tertiary alicyclic amines) is 1. The normalized spacial score (nSPS) is 17.9. The molecule has 37 heavy (non-hydrogen) atoms. The molecule has 5 rings (SSSR count). The summed E-state index contributed by atoms with van der Waals surface area (Å²) >= 11 is 1.90. The number of nitrogens with one attached hydrogen (secondary N) is 3. The molecule has 2 saturated heterocycles. The largest absolute Gasteiger partial charge is 0.380 e. The van der Waals surface area contributed by atoms with Crippen molar-refractivity contribution in [1.29, 1.82) is 0 Å². The van der Waals surface area contributed by atoms with Crippen molar-refractivity contribution >= 4 is 22.9 Å². The molecular weight excluding hydrogens is 476 g/mol. The van der Waals surface area contributed by atoms with Gasteiger partial charge in [-0.25, -0.2) is 0 Å². The van der Waals surface area contributed by atoms with Crippen LogP contribution in [0, 0.1) is 6.92 Å². The van der Waals surface area contributed by atoms with E-state index >= 15 is 0 Å². The maximum atomic E-state index is 13.2. The van der Waals surface area contributed by atoms with Crippen LogP contribution in [-0.4, -0.2) is 43.0 Å². The fourth-order valence-electron chi connectivity index (χ4n) is 5.21. The predicted molar refractivity (Wildman–Crippen MR) is 155 cm³/mol. The van der Waals surface area contributed by atoms with Gasteiger partial charge in [0.25, 0.3) is 5.91 Å². The lowest BCUT2D eigenvalue weighted by atomic mass is 10.0. The highest BCUT2D eigenvalue weighted by Crippen LogP contribution is 2.31. The molecule has 0 bridgehead atoms. The molecule has 1 atom stereocenters. The van der Waals surface area contributed by atoms with Gasteiger partial charge < -0.3 is 16.0 Å². The van der Waals surface area contributed by atoms with Gasteiger partial charge in [0.2, 0.25) is 0 Å². The van der Waals surface area contributed by atoms with Crippen LogP contribution in [0.4, 0.5) is 5.69 Å². The SMILES string of the molecule is Cc1ccc(NC2CNC2)cc1C(=O)NC(C)c1cccc(-c2ccc(CN3CCCCCCC3)s2)c1. The summed E-state index contributed by atoms with van der Waals surface area (Å²) in [7, 11) is 0. The minimum atomic E-state index is -0.0836. The molecule has 1 amide bonds. The molecule has 2 aliphatic heterocycles. The van der Waals surface area contributed by atoms with Gasteiger partial charge in [0.05, 0.1) is 12.1 Å². The maximum absolute atomic E-state index is 13.2. The van der Waals surface area contributed by atoms with E-state index in [0.29, 0.717) is 6.04 Å². The number of benzene rings is 2. The first-order valence-corrected chi connectivity index (χ1v) is 14.7. The first-order valence-electron chi connectivity index (χ1n) is 13.9. The van der Waals surface area contributed by atoms with Crippen LogP contribution < -0.4 is 16.0 Å². The molecule has 2 fully saturated rings. The highest BCUT2D eigenvalue weighted by Gasteiger charge is 2.19. The van der Waals surface area contributed by atoms with Crippen LogP contribution in [-0.2, 0) is 6.54 Å². The van der Waals surface area contributed by atoms with Crippen molar-refractivity contribution in [3.8, 4) is 10.4 Å². The summed E-state index contributed by atoms with van der Waals surface area (Å²) in [6, 6.07) is 19.6. The first kappa shape index (κ1) is 26.0. The summed E-state index contributed by atoms with van der Waals surface area (Å²) in [5, 5.41) is 10.0. The third-order valence-electron chi connectivity index (χ3n) is 7.64. The fraction of sp³-hybridized carbons (Fsp3) is 0.452. The van der Waals surface area contributed by atoms with Crippen molar-refractivity contribution in [2.24, 2.45) is 0 Å². The average Bonchev–Trinajstić information content (AvgIpc) is 3.32. The van der Waals surface area contributed by atoms with Crippen molar-refractivity contribution in [2.45, 2.75) is 64.6 Å². The van der Waals surface area contributed by atoms with Gasteiger partial charge >= 0.3 is 0 Å². The van der Waals surface area contributed by atoms with Gasteiger partial charge in [-0.3, -0.25) is 9.69 Å². The lowest BCUT2D eigenvalue weighted by molar-refractivity contribution is 0.0939. The van der Waals surface area contributed by atoms with Crippen LogP contribution >= 0.6 is 11.3 Å².